The highest BCUT2D eigenvalue weighted by atomic mass is 16.6. The number of carbonyl (C=O) groups excluding carboxylic acids is 1. The standard InChI is InChI=1S/C12H16N2O5/c1-12(2,3)19-11(17)14-5-4-8-7(6-14)13-9(18-8)10(15)16/h4-6H2,1-3H3,(H,15,16). The van der Waals surface area contributed by atoms with Crippen molar-refractivity contribution in [1.29, 1.82) is 0 Å². The maximum atomic E-state index is 11.9. The van der Waals surface area contributed by atoms with E-state index in [0.29, 0.717) is 24.4 Å². The Hall–Kier alpha value is -2.05. The van der Waals surface area contributed by atoms with Crippen molar-refractivity contribution in [2.75, 3.05) is 6.54 Å². The van der Waals surface area contributed by atoms with Crippen molar-refractivity contribution in [3.63, 3.8) is 0 Å². The predicted octanol–water partition coefficient (Wildman–Crippen LogP) is 1.67. The molecule has 2 rings (SSSR count). The molecule has 104 valence electrons. The summed E-state index contributed by atoms with van der Waals surface area (Å²) in [5.74, 6) is -1.02. The molecule has 7 heteroatoms. The van der Waals surface area contributed by atoms with Crippen LogP contribution in [0.5, 0.6) is 0 Å². The Morgan fingerprint density at radius 1 is 1.42 bits per heavy atom. The summed E-state index contributed by atoms with van der Waals surface area (Å²) >= 11 is 0. The zero-order chi connectivity index (χ0) is 14.2. The van der Waals surface area contributed by atoms with Gasteiger partial charge in [0.15, 0.2) is 0 Å². The number of rotatable bonds is 1. The molecular formula is C12H16N2O5. The summed E-state index contributed by atoms with van der Waals surface area (Å²) in [6, 6.07) is 0. The Morgan fingerprint density at radius 2 is 2.11 bits per heavy atom. The number of fused-ring (bicyclic) bond motifs is 1. The number of oxazole rings is 1. The molecule has 1 aliphatic rings. The van der Waals surface area contributed by atoms with E-state index in [9.17, 15) is 9.59 Å². The van der Waals surface area contributed by atoms with Crippen LogP contribution in [0.3, 0.4) is 0 Å². The van der Waals surface area contributed by atoms with E-state index < -0.39 is 17.7 Å². The lowest BCUT2D eigenvalue weighted by Gasteiger charge is -2.28. The van der Waals surface area contributed by atoms with Gasteiger partial charge < -0.3 is 19.2 Å². The van der Waals surface area contributed by atoms with Gasteiger partial charge in [-0.25, -0.2) is 14.6 Å². The Bertz CT molecular complexity index is 515. The van der Waals surface area contributed by atoms with E-state index in [-0.39, 0.29) is 12.4 Å². The molecule has 0 radical (unpaired) electrons. The van der Waals surface area contributed by atoms with Crippen LogP contribution in [-0.2, 0) is 17.7 Å². The first kappa shape index (κ1) is 13.4. The number of nitrogens with zero attached hydrogens (tertiary/aromatic N) is 2. The molecule has 0 bridgehead atoms. The number of hydrogen-bond acceptors (Lipinski definition) is 5. The topological polar surface area (TPSA) is 92.9 Å². The average molecular weight is 268 g/mol. The fraction of sp³-hybridized carbons (Fsp3) is 0.583. The Balaban J connectivity index is 2.09. The molecule has 2 heterocycles. The summed E-state index contributed by atoms with van der Waals surface area (Å²) in [6.45, 7) is 6.01. The lowest BCUT2D eigenvalue weighted by Crippen LogP contribution is -2.39. The summed E-state index contributed by atoms with van der Waals surface area (Å²) < 4.78 is 10.4. The van der Waals surface area contributed by atoms with Crippen LogP contribution in [-0.4, -0.2) is 39.2 Å². The van der Waals surface area contributed by atoms with E-state index >= 15 is 0 Å². The second-order valence-electron chi connectivity index (χ2n) is 5.35. The summed E-state index contributed by atoms with van der Waals surface area (Å²) in [4.78, 5) is 28.0. The van der Waals surface area contributed by atoms with Gasteiger partial charge in [0.25, 0.3) is 0 Å². The quantitative estimate of drug-likeness (QED) is 0.832. The number of aromatic nitrogens is 1. The third-order valence-corrected chi connectivity index (χ3v) is 2.56. The lowest BCUT2D eigenvalue weighted by molar-refractivity contribution is 0.0216. The van der Waals surface area contributed by atoms with E-state index in [1.807, 2.05) is 0 Å². The second kappa shape index (κ2) is 4.56. The molecule has 1 N–H and O–H groups in total. The normalized spacial score (nSPS) is 15.0. The summed E-state index contributed by atoms with van der Waals surface area (Å²) in [6.07, 6.45) is 0.00696. The van der Waals surface area contributed by atoms with Crippen molar-refractivity contribution >= 4 is 12.1 Å². The summed E-state index contributed by atoms with van der Waals surface area (Å²) in [5, 5.41) is 8.80. The molecule has 1 aromatic heterocycles. The third-order valence-electron chi connectivity index (χ3n) is 2.56. The minimum absolute atomic E-state index is 0.209. The van der Waals surface area contributed by atoms with E-state index in [1.54, 1.807) is 20.8 Å². The predicted molar refractivity (Wildman–Crippen MR) is 63.8 cm³/mol. The van der Waals surface area contributed by atoms with E-state index in [2.05, 4.69) is 4.98 Å². The van der Waals surface area contributed by atoms with Crippen LogP contribution in [0.1, 0.15) is 42.9 Å². The molecule has 0 spiro atoms. The Morgan fingerprint density at radius 3 is 2.68 bits per heavy atom. The summed E-state index contributed by atoms with van der Waals surface area (Å²) in [5.41, 5.74) is -0.0811. The van der Waals surface area contributed by atoms with Crippen LogP contribution in [0.4, 0.5) is 4.79 Å². The minimum Gasteiger partial charge on any atom is -0.474 e. The van der Waals surface area contributed by atoms with Crippen LogP contribution in [0.2, 0.25) is 0 Å². The number of ether oxygens (including phenoxy) is 1. The molecule has 0 fully saturated rings. The Kier molecular flexibility index (Phi) is 3.21. The molecule has 1 amide bonds. The van der Waals surface area contributed by atoms with Crippen molar-refractivity contribution in [2.45, 2.75) is 39.3 Å². The van der Waals surface area contributed by atoms with Crippen LogP contribution in [0, 0.1) is 0 Å². The smallest absolute Gasteiger partial charge is 0.410 e. The first-order valence-corrected chi connectivity index (χ1v) is 5.96. The van der Waals surface area contributed by atoms with Crippen molar-refractivity contribution in [1.82, 2.24) is 9.88 Å². The van der Waals surface area contributed by atoms with Gasteiger partial charge in [0.2, 0.25) is 0 Å². The lowest BCUT2D eigenvalue weighted by atomic mass is 10.2. The molecule has 0 saturated carbocycles. The summed E-state index contributed by atoms with van der Waals surface area (Å²) in [7, 11) is 0. The molecule has 0 saturated heterocycles. The molecule has 1 aliphatic heterocycles. The van der Waals surface area contributed by atoms with Gasteiger partial charge in [-0.3, -0.25) is 0 Å². The SMILES string of the molecule is CC(C)(C)OC(=O)N1CCc2oc(C(=O)O)nc2C1. The molecular weight excluding hydrogens is 252 g/mol. The monoisotopic (exact) mass is 268 g/mol. The van der Waals surface area contributed by atoms with E-state index in [1.165, 1.54) is 4.90 Å². The second-order valence-corrected chi connectivity index (χ2v) is 5.35. The van der Waals surface area contributed by atoms with Crippen molar-refractivity contribution in [3.05, 3.63) is 17.3 Å². The molecule has 0 aromatic carbocycles. The van der Waals surface area contributed by atoms with E-state index in [4.69, 9.17) is 14.3 Å². The third kappa shape index (κ3) is 3.04. The highest BCUT2D eigenvalue weighted by Gasteiger charge is 2.29. The molecule has 7 nitrogen and oxygen atoms in total. The highest BCUT2D eigenvalue weighted by molar-refractivity contribution is 5.82. The molecule has 1 aromatic rings. The molecule has 19 heavy (non-hydrogen) atoms. The number of hydrogen-bond donors (Lipinski definition) is 1. The molecule has 0 aliphatic carbocycles. The van der Waals surface area contributed by atoms with Gasteiger partial charge in [-0.1, -0.05) is 0 Å². The average Bonchev–Trinajstić information content (AvgIpc) is 2.69. The van der Waals surface area contributed by atoms with Crippen molar-refractivity contribution < 1.29 is 23.8 Å². The molecule has 0 atom stereocenters. The highest BCUT2D eigenvalue weighted by Crippen LogP contribution is 2.21. The first-order valence-electron chi connectivity index (χ1n) is 5.96. The number of amides is 1. The van der Waals surface area contributed by atoms with Crippen LogP contribution >= 0.6 is 0 Å². The maximum Gasteiger partial charge on any atom is 0.410 e. The molecule has 0 unspecified atom stereocenters. The Labute approximate surface area is 110 Å². The van der Waals surface area contributed by atoms with Gasteiger partial charge in [0.05, 0.1) is 6.54 Å². The van der Waals surface area contributed by atoms with Crippen molar-refractivity contribution in [2.24, 2.45) is 0 Å². The number of aromatic carboxylic acids is 1. The van der Waals surface area contributed by atoms with Gasteiger partial charge in [0.1, 0.15) is 17.1 Å². The van der Waals surface area contributed by atoms with Crippen LogP contribution < -0.4 is 0 Å². The number of carboxylic acid groups (broad SMARTS) is 1. The number of carboxylic acids is 1. The van der Waals surface area contributed by atoms with Gasteiger partial charge in [0, 0.05) is 13.0 Å². The minimum atomic E-state index is -1.21. The fourth-order valence-electron chi connectivity index (χ4n) is 1.77. The van der Waals surface area contributed by atoms with Crippen molar-refractivity contribution in [3.8, 4) is 0 Å². The zero-order valence-electron chi connectivity index (χ0n) is 11.1. The van der Waals surface area contributed by atoms with Crippen LogP contribution in [0.25, 0.3) is 0 Å². The maximum absolute atomic E-state index is 11.9. The van der Waals surface area contributed by atoms with Gasteiger partial charge in [-0.15, -0.1) is 0 Å². The van der Waals surface area contributed by atoms with Gasteiger partial charge >= 0.3 is 18.0 Å². The largest absolute Gasteiger partial charge is 0.474 e. The first-order chi connectivity index (χ1) is 8.76. The zero-order valence-corrected chi connectivity index (χ0v) is 11.1. The van der Waals surface area contributed by atoms with Gasteiger partial charge in [-0.2, -0.15) is 0 Å². The van der Waals surface area contributed by atoms with Gasteiger partial charge in [-0.05, 0) is 20.8 Å². The van der Waals surface area contributed by atoms with Crippen LogP contribution in [0.15, 0.2) is 4.42 Å². The fourth-order valence-corrected chi connectivity index (χ4v) is 1.77. The number of carbonyl (C=O) groups is 2. The van der Waals surface area contributed by atoms with E-state index in [0.717, 1.165) is 0 Å².